The Kier molecular flexibility index (Phi) is 6.74. The quantitative estimate of drug-likeness (QED) is 0.569. The molecule has 0 bridgehead atoms. The van der Waals surface area contributed by atoms with Crippen molar-refractivity contribution in [3.05, 3.63) is 77.2 Å². The first-order chi connectivity index (χ1) is 15.7. The third kappa shape index (κ3) is 4.76. The van der Waals surface area contributed by atoms with Crippen LogP contribution in [0.4, 0.5) is 0 Å². The Labute approximate surface area is 195 Å². The number of sulfonamides is 2. The first-order valence-corrected chi connectivity index (χ1v) is 14.2. The fraction of sp³-hybridized carbons (Fsp3) is 0.375. The van der Waals surface area contributed by atoms with Crippen LogP contribution in [0.1, 0.15) is 37.3 Å². The van der Waals surface area contributed by atoms with Crippen LogP contribution in [0.5, 0.6) is 0 Å². The predicted octanol–water partition coefficient (Wildman–Crippen LogP) is 3.22. The molecule has 0 N–H and O–H groups in total. The van der Waals surface area contributed by atoms with Crippen LogP contribution in [0.2, 0.25) is 0 Å². The number of hydrogen-bond donors (Lipinski definition) is 0. The molecule has 0 spiro atoms. The van der Waals surface area contributed by atoms with E-state index in [0.29, 0.717) is 30.4 Å². The molecule has 2 fully saturated rings. The van der Waals surface area contributed by atoms with E-state index in [1.807, 2.05) is 19.1 Å². The summed E-state index contributed by atoms with van der Waals surface area (Å²) >= 11 is 0. The molecule has 0 aliphatic carbocycles. The van der Waals surface area contributed by atoms with E-state index in [2.05, 4.69) is 0 Å². The molecule has 33 heavy (non-hydrogen) atoms. The number of hydrogen-bond acceptors (Lipinski definition) is 5. The fourth-order valence-electron chi connectivity index (χ4n) is 4.87. The number of carbonyl (C=O) groups excluding carboxylic acids is 1. The van der Waals surface area contributed by atoms with Crippen molar-refractivity contribution in [2.24, 2.45) is 5.92 Å². The van der Waals surface area contributed by atoms with Gasteiger partial charge in [0.2, 0.25) is 15.9 Å². The highest BCUT2D eigenvalue weighted by atomic mass is 32.2. The molecule has 1 amide bonds. The van der Waals surface area contributed by atoms with Crippen LogP contribution in [-0.4, -0.2) is 50.0 Å². The van der Waals surface area contributed by atoms with Crippen LogP contribution in [0.15, 0.2) is 66.1 Å². The SMILES string of the molecule is CCC[C@H]1C(=O)N(S(=O)(=O)C=Cc2ccccc2)[C@H]2CCN(S(=O)(=O)Cc3ccccc3)[C@H]12. The van der Waals surface area contributed by atoms with Crippen LogP contribution in [-0.2, 0) is 30.6 Å². The monoisotopic (exact) mass is 488 g/mol. The van der Waals surface area contributed by atoms with E-state index in [1.165, 1.54) is 10.4 Å². The largest absolute Gasteiger partial charge is 0.273 e. The number of benzene rings is 2. The highest BCUT2D eigenvalue weighted by Crippen LogP contribution is 2.42. The molecule has 2 saturated heterocycles. The van der Waals surface area contributed by atoms with E-state index in [9.17, 15) is 21.6 Å². The molecule has 176 valence electrons. The van der Waals surface area contributed by atoms with Crippen LogP contribution in [0.25, 0.3) is 6.08 Å². The minimum atomic E-state index is -4.06. The summed E-state index contributed by atoms with van der Waals surface area (Å²) in [7, 11) is -7.78. The van der Waals surface area contributed by atoms with Gasteiger partial charge in [0.05, 0.1) is 29.2 Å². The lowest BCUT2D eigenvalue weighted by Gasteiger charge is -2.26. The van der Waals surface area contributed by atoms with Crippen molar-refractivity contribution in [1.82, 2.24) is 8.61 Å². The molecule has 0 saturated carbocycles. The van der Waals surface area contributed by atoms with Crippen molar-refractivity contribution in [3.8, 4) is 0 Å². The zero-order chi connectivity index (χ0) is 23.6. The second-order valence-electron chi connectivity index (χ2n) is 8.49. The predicted molar refractivity (Wildman–Crippen MR) is 128 cm³/mol. The maximum absolute atomic E-state index is 13.3. The minimum Gasteiger partial charge on any atom is -0.273 e. The molecule has 2 aliphatic rings. The topological polar surface area (TPSA) is 91.8 Å². The van der Waals surface area contributed by atoms with E-state index in [0.717, 1.165) is 9.71 Å². The second-order valence-corrected chi connectivity index (χ2v) is 12.1. The summed E-state index contributed by atoms with van der Waals surface area (Å²) in [5, 5.41) is 1.05. The average Bonchev–Trinajstić information content (AvgIpc) is 3.33. The molecule has 9 heteroatoms. The number of carbonyl (C=O) groups is 1. The molecule has 4 rings (SSSR count). The molecular formula is C24H28N2O5S2. The van der Waals surface area contributed by atoms with E-state index < -0.39 is 44.0 Å². The molecule has 3 atom stereocenters. The number of nitrogens with zero attached hydrogens (tertiary/aromatic N) is 2. The van der Waals surface area contributed by atoms with Gasteiger partial charge in [0, 0.05) is 6.54 Å². The molecule has 2 aromatic carbocycles. The van der Waals surface area contributed by atoms with Crippen molar-refractivity contribution in [2.45, 2.75) is 44.0 Å². The van der Waals surface area contributed by atoms with Gasteiger partial charge in [0.1, 0.15) is 0 Å². The van der Waals surface area contributed by atoms with E-state index in [4.69, 9.17) is 0 Å². The summed E-state index contributed by atoms with van der Waals surface area (Å²) in [5.41, 5.74) is 1.36. The molecule has 0 unspecified atom stereocenters. The highest BCUT2D eigenvalue weighted by molar-refractivity contribution is 7.92. The van der Waals surface area contributed by atoms with Crippen molar-refractivity contribution >= 4 is 32.0 Å². The Bertz CT molecular complexity index is 1230. The Morgan fingerprint density at radius 3 is 2.24 bits per heavy atom. The van der Waals surface area contributed by atoms with Gasteiger partial charge < -0.3 is 0 Å². The van der Waals surface area contributed by atoms with Gasteiger partial charge in [0.15, 0.2) is 0 Å². The summed E-state index contributed by atoms with van der Waals surface area (Å²) < 4.78 is 55.3. The third-order valence-corrected chi connectivity index (χ3v) is 9.59. The summed E-state index contributed by atoms with van der Waals surface area (Å²) in [4.78, 5) is 13.3. The fourth-order valence-corrected chi connectivity index (χ4v) is 8.15. The van der Waals surface area contributed by atoms with Gasteiger partial charge in [-0.25, -0.2) is 21.1 Å². The summed E-state index contributed by atoms with van der Waals surface area (Å²) in [6.07, 6.45) is 2.85. The van der Waals surface area contributed by atoms with Gasteiger partial charge in [-0.2, -0.15) is 4.31 Å². The lowest BCUT2D eigenvalue weighted by Crippen LogP contribution is -2.43. The molecule has 2 heterocycles. The minimum absolute atomic E-state index is 0.176. The third-order valence-electron chi connectivity index (χ3n) is 6.27. The molecular weight excluding hydrogens is 460 g/mol. The Morgan fingerprint density at radius 1 is 0.970 bits per heavy atom. The molecule has 7 nitrogen and oxygen atoms in total. The zero-order valence-corrected chi connectivity index (χ0v) is 20.1. The standard InChI is InChI=1S/C24H28N2O5S2/c1-2-9-21-23-22(14-16-25(23)33(30,31)18-20-12-7-4-8-13-20)26(24(21)27)32(28,29)17-15-19-10-5-3-6-11-19/h3-8,10-13,15,17,21-23H,2,9,14,16,18H2,1H3/t21-,22+,23-/m1/s1. The van der Waals surface area contributed by atoms with Crippen molar-refractivity contribution in [1.29, 1.82) is 0 Å². The summed E-state index contributed by atoms with van der Waals surface area (Å²) in [6, 6.07) is 16.5. The average molecular weight is 489 g/mol. The van der Waals surface area contributed by atoms with E-state index in [1.54, 1.807) is 48.5 Å². The number of amides is 1. The lowest BCUT2D eigenvalue weighted by atomic mass is 9.95. The maximum atomic E-state index is 13.3. The van der Waals surface area contributed by atoms with Gasteiger partial charge in [-0.1, -0.05) is 74.0 Å². The Balaban J connectivity index is 1.64. The van der Waals surface area contributed by atoms with Crippen LogP contribution in [0.3, 0.4) is 0 Å². The zero-order valence-electron chi connectivity index (χ0n) is 18.4. The van der Waals surface area contributed by atoms with E-state index >= 15 is 0 Å². The smallest absolute Gasteiger partial charge is 0.259 e. The van der Waals surface area contributed by atoms with E-state index in [-0.39, 0.29) is 12.3 Å². The van der Waals surface area contributed by atoms with Gasteiger partial charge in [-0.05, 0) is 30.0 Å². The van der Waals surface area contributed by atoms with Gasteiger partial charge >= 0.3 is 0 Å². The van der Waals surface area contributed by atoms with Crippen molar-refractivity contribution in [3.63, 3.8) is 0 Å². The van der Waals surface area contributed by atoms with Gasteiger partial charge in [-0.3, -0.25) is 4.79 Å². The maximum Gasteiger partial charge on any atom is 0.259 e. The van der Waals surface area contributed by atoms with Crippen LogP contribution >= 0.6 is 0 Å². The highest BCUT2D eigenvalue weighted by Gasteiger charge is 2.58. The van der Waals surface area contributed by atoms with Crippen molar-refractivity contribution < 1.29 is 21.6 Å². The second kappa shape index (κ2) is 9.40. The summed E-state index contributed by atoms with van der Waals surface area (Å²) in [6.45, 7) is 2.11. The summed E-state index contributed by atoms with van der Waals surface area (Å²) in [5.74, 6) is -1.36. The van der Waals surface area contributed by atoms with Crippen LogP contribution in [0, 0.1) is 5.92 Å². The molecule has 0 aromatic heterocycles. The van der Waals surface area contributed by atoms with Crippen LogP contribution < -0.4 is 0 Å². The molecule has 0 radical (unpaired) electrons. The number of rotatable bonds is 8. The Hall–Kier alpha value is -2.49. The molecule has 2 aliphatic heterocycles. The van der Waals surface area contributed by atoms with Gasteiger partial charge in [-0.15, -0.1) is 0 Å². The van der Waals surface area contributed by atoms with Gasteiger partial charge in [0.25, 0.3) is 10.0 Å². The Morgan fingerprint density at radius 2 is 1.61 bits per heavy atom. The first kappa shape index (κ1) is 23.7. The van der Waals surface area contributed by atoms with Crippen molar-refractivity contribution in [2.75, 3.05) is 6.54 Å². The first-order valence-electron chi connectivity index (χ1n) is 11.1. The number of fused-ring (bicyclic) bond motifs is 1. The normalized spacial score (nSPS) is 24.0. The lowest BCUT2D eigenvalue weighted by molar-refractivity contribution is -0.128. The molecule has 2 aromatic rings.